The molecule has 0 aromatic carbocycles. The highest BCUT2D eigenvalue weighted by atomic mass is 16.6. The van der Waals surface area contributed by atoms with Gasteiger partial charge in [-0.25, -0.2) is 0 Å². The number of ether oxygens (including phenoxy) is 3. The second kappa shape index (κ2) is 68.5. The Labute approximate surface area is 509 Å². The number of esters is 3. The maximum absolute atomic E-state index is 12.9. The monoisotopic (exact) mass is 1140 g/mol. The van der Waals surface area contributed by atoms with Crippen LogP contribution in [0, 0.1) is 0 Å². The first-order valence-corrected chi connectivity index (χ1v) is 32.6. The van der Waals surface area contributed by atoms with Gasteiger partial charge in [-0.3, -0.25) is 14.4 Å². The molecule has 0 amide bonds. The summed E-state index contributed by atoms with van der Waals surface area (Å²) in [6.45, 7) is 6.28. The summed E-state index contributed by atoms with van der Waals surface area (Å²) < 4.78 is 16.8. The lowest BCUT2D eigenvalue weighted by Gasteiger charge is -2.18. The molecule has 460 valence electrons. The zero-order valence-corrected chi connectivity index (χ0v) is 52.6. The van der Waals surface area contributed by atoms with Gasteiger partial charge in [0.05, 0.1) is 0 Å². The van der Waals surface area contributed by atoms with Crippen molar-refractivity contribution in [3.63, 3.8) is 0 Å². The van der Waals surface area contributed by atoms with Crippen molar-refractivity contribution in [3.8, 4) is 0 Å². The van der Waals surface area contributed by atoms with Crippen LogP contribution in [-0.4, -0.2) is 37.2 Å². The molecular weight excluding hydrogens is 1020 g/mol. The van der Waals surface area contributed by atoms with E-state index in [1.165, 1.54) is 38.5 Å². The zero-order chi connectivity index (χ0) is 59.9. The van der Waals surface area contributed by atoms with Crippen LogP contribution in [0.2, 0.25) is 0 Å². The Morgan fingerprint density at radius 3 is 0.771 bits per heavy atom. The first-order chi connectivity index (χ1) is 41.0. The predicted molar refractivity (Wildman–Crippen MR) is 361 cm³/mol. The molecule has 0 N–H and O–H groups in total. The molecule has 0 saturated heterocycles. The molecule has 0 aliphatic rings. The molecule has 0 aromatic heterocycles. The first-order valence-electron chi connectivity index (χ1n) is 32.6. The molecule has 0 fully saturated rings. The highest BCUT2D eigenvalue weighted by molar-refractivity contribution is 5.71. The standard InChI is InChI=1S/C77H116O6/c1-4-7-10-13-16-19-21-23-25-27-29-31-33-34-35-36-37-38-39-40-41-42-44-45-47-49-51-53-55-58-61-64-67-70-76(79)82-73-74(72-81-75(78)69-66-63-60-57-18-15-12-9-6-3)83-77(80)71-68-65-62-59-56-54-52-50-48-46-43-32-30-28-26-24-22-20-17-14-11-8-5-2/h7-8,10-11,16-17,19-20,23-26,29-32,34-35,37-38,40-41,44-46,48-49,51-52,54-55,58-59,62,74H,4-6,9,12-15,18,21-22,27-28,33,36,39,42-43,47,50,53,56-57,60-61,63-73H2,1-3H3/b10-7-,11-8-,19-16-,20-17-,25-23-,26-24-,31-29-,32-30-,35-34-,38-37-,41-40-,45-44-,48-46-,51-49-,54-52-,58-55-,62-59-. The molecule has 0 radical (unpaired) electrons. The number of unbranched alkanes of at least 4 members (excludes halogenated alkanes) is 11. The molecule has 1 unspecified atom stereocenters. The van der Waals surface area contributed by atoms with Gasteiger partial charge in [0.25, 0.3) is 0 Å². The van der Waals surface area contributed by atoms with Gasteiger partial charge in [-0.05, 0) is 148 Å². The van der Waals surface area contributed by atoms with Crippen LogP contribution < -0.4 is 0 Å². The Morgan fingerprint density at radius 2 is 0.482 bits per heavy atom. The first kappa shape index (κ1) is 77.0. The van der Waals surface area contributed by atoms with Crippen molar-refractivity contribution < 1.29 is 28.6 Å². The molecule has 0 aromatic rings. The predicted octanol–water partition coefficient (Wildman–Crippen LogP) is 22.8. The topological polar surface area (TPSA) is 78.9 Å². The lowest BCUT2D eigenvalue weighted by Crippen LogP contribution is -2.30. The fraction of sp³-hybridized carbons (Fsp3) is 0.519. The Kier molecular flexibility index (Phi) is 63.5. The van der Waals surface area contributed by atoms with Gasteiger partial charge in [0.1, 0.15) is 13.2 Å². The van der Waals surface area contributed by atoms with Crippen LogP contribution in [0.3, 0.4) is 0 Å². The molecule has 6 heteroatoms. The van der Waals surface area contributed by atoms with E-state index in [0.29, 0.717) is 19.3 Å². The molecule has 6 nitrogen and oxygen atoms in total. The van der Waals surface area contributed by atoms with Crippen LogP contribution in [0.5, 0.6) is 0 Å². The van der Waals surface area contributed by atoms with Gasteiger partial charge in [-0.2, -0.15) is 0 Å². The quantitative estimate of drug-likeness (QED) is 0.0261. The van der Waals surface area contributed by atoms with Gasteiger partial charge in [0, 0.05) is 19.3 Å². The summed E-state index contributed by atoms with van der Waals surface area (Å²) in [4.78, 5) is 38.2. The van der Waals surface area contributed by atoms with Gasteiger partial charge in [0.2, 0.25) is 0 Å². The minimum Gasteiger partial charge on any atom is -0.462 e. The summed E-state index contributed by atoms with van der Waals surface area (Å²) in [6.07, 6.45) is 106. The fourth-order valence-electron chi connectivity index (χ4n) is 7.99. The lowest BCUT2D eigenvalue weighted by molar-refractivity contribution is -0.167. The maximum Gasteiger partial charge on any atom is 0.306 e. The second-order valence-corrected chi connectivity index (χ2v) is 20.6. The largest absolute Gasteiger partial charge is 0.462 e. The molecule has 0 bridgehead atoms. The summed E-state index contributed by atoms with van der Waals surface area (Å²) in [5.74, 6) is -1.05. The maximum atomic E-state index is 12.9. The van der Waals surface area contributed by atoms with E-state index in [-0.39, 0.29) is 44.0 Å². The molecule has 0 rings (SSSR count). The molecular formula is C77H116O6. The zero-order valence-electron chi connectivity index (χ0n) is 52.6. The number of hydrogen-bond donors (Lipinski definition) is 0. The SMILES string of the molecule is CC/C=C\C/C=C\C/C=C\C/C=C\C/C=C\C/C=C\C/C=C\C/C=C\C/C=C\C/C=C\CCCCC(=O)OCC(COC(=O)CCCCCCCCCCC)OC(=O)CCC/C=C\C/C=C\C/C=C\C/C=C\C/C=C\C/C=C\C/C=C\CC. The minimum atomic E-state index is -0.838. The Balaban J connectivity index is 4.44. The van der Waals surface area contributed by atoms with E-state index in [1.54, 1.807) is 0 Å². The summed E-state index contributed by atoms with van der Waals surface area (Å²) in [6, 6.07) is 0. The summed E-state index contributed by atoms with van der Waals surface area (Å²) in [5.41, 5.74) is 0. The summed E-state index contributed by atoms with van der Waals surface area (Å²) in [5, 5.41) is 0. The highest BCUT2D eigenvalue weighted by Gasteiger charge is 2.19. The van der Waals surface area contributed by atoms with Crippen molar-refractivity contribution in [2.75, 3.05) is 13.2 Å². The van der Waals surface area contributed by atoms with E-state index in [9.17, 15) is 14.4 Å². The van der Waals surface area contributed by atoms with Crippen molar-refractivity contribution in [3.05, 3.63) is 207 Å². The van der Waals surface area contributed by atoms with Gasteiger partial charge in [-0.1, -0.05) is 279 Å². The summed E-state index contributed by atoms with van der Waals surface area (Å²) in [7, 11) is 0. The highest BCUT2D eigenvalue weighted by Crippen LogP contribution is 2.13. The van der Waals surface area contributed by atoms with Gasteiger partial charge in [0.15, 0.2) is 6.10 Å². The molecule has 0 heterocycles. The molecule has 0 aliphatic carbocycles. The third-order valence-corrected chi connectivity index (χ3v) is 12.8. The van der Waals surface area contributed by atoms with E-state index >= 15 is 0 Å². The normalized spacial score (nSPS) is 13.5. The Bertz CT molecular complexity index is 2030. The van der Waals surface area contributed by atoms with Crippen molar-refractivity contribution in [1.29, 1.82) is 0 Å². The average Bonchev–Trinajstić information content (AvgIpc) is 3.49. The second-order valence-electron chi connectivity index (χ2n) is 20.6. The third-order valence-electron chi connectivity index (χ3n) is 12.8. The van der Waals surface area contributed by atoms with E-state index in [2.05, 4.69) is 227 Å². The van der Waals surface area contributed by atoms with Crippen LogP contribution in [-0.2, 0) is 28.6 Å². The van der Waals surface area contributed by atoms with Crippen LogP contribution in [0.15, 0.2) is 207 Å². The molecule has 0 aliphatic heterocycles. The third kappa shape index (κ3) is 66.7. The minimum absolute atomic E-state index is 0.125. The van der Waals surface area contributed by atoms with E-state index in [1.807, 2.05) is 0 Å². The average molecular weight is 1140 g/mol. The number of hydrogen-bond acceptors (Lipinski definition) is 6. The van der Waals surface area contributed by atoms with Crippen LogP contribution in [0.1, 0.15) is 239 Å². The van der Waals surface area contributed by atoms with Crippen LogP contribution in [0.25, 0.3) is 0 Å². The number of rotatable bonds is 56. The molecule has 0 spiro atoms. The van der Waals surface area contributed by atoms with Crippen LogP contribution >= 0.6 is 0 Å². The van der Waals surface area contributed by atoms with Crippen molar-refractivity contribution in [1.82, 2.24) is 0 Å². The lowest BCUT2D eigenvalue weighted by atomic mass is 10.1. The van der Waals surface area contributed by atoms with Gasteiger partial charge < -0.3 is 14.2 Å². The number of carbonyl (C=O) groups excluding carboxylic acids is 3. The smallest absolute Gasteiger partial charge is 0.306 e. The van der Waals surface area contributed by atoms with E-state index in [4.69, 9.17) is 14.2 Å². The summed E-state index contributed by atoms with van der Waals surface area (Å²) >= 11 is 0. The van der Waals surface area contributed by atoms with Crippen molar-refractivity contribution >= 4 is 17.9 Å². The van der Waals surface area contributed by atoms with E-state index < -0.39 is 6.10 Å². The van der Waals surface area contributed by atoms with Crippen molar-refractivity contribution in [2.45, 2.75) is 245 Å². The van der Waals surface area contributed by atoms with Gasteiger partial charge in [-0.15, -0.1) is 0 Å². The molecule has 0 saturated carbocycles. The van der Waals surface area contributed by atoms with Gasteiger partial charge >= 0.3 is 17.9 Å². The van der Waals surface area contributed by atoms with Crippen molar-refractivity contribution in [2.24, 2.45) is 0 Å². The molecule has 83 heavy (non-hydrogen) atoms. The van der Waals surface area contributed by atoms with E-state index in [0.717, 1.165) is 148 Å². The van der Waals surface area contributed by atoms with Crippen LogP contribution in [0.4, 0.5) is 0 Å². The Hall–Kier alpha value is -6.01. The number of carbonyl (C=O) groups is 3. The molecule has 1 atom stereocenters. The fourth-order valence-corrected chi connectivity index (χ4v) is 7.99. The number of allylic oxidation sites excluding steroid dienone is 34. The Morgan fingerprint density at radius 1 is 0.253 bits per heavy atom.